The summed E-state index contributed by atoms with van der Waals surface area (Å²) in [6.07, 6.45) is 0.0418. The molecule has 0 atom stereocenters. The molecule has 0 heterocycles. The fourth-order valence-corrected chi connectivity index (χ4v) is 1.15. The fraction of sp³-hybridized carbons (Fsp3) is 0.417. The molecule has 0 aliphatic carbocycles. The van der Waals surface area contributed by atoms with Crippen LogP contribution in [-0.4, -0.2) is 19.5 Å². The highest BCUT2D eigenvalue weighted by Crippen LogP contribution is 2.12. The molecular weight excluding hydrogens is 201 g/mol. The molecule has 0 spiro atoms. The quantitative estimate of drug-likeness (QED) is 0.773. The number of nitrogens with one attached hydrogen (secondary N) is 1. The number of ether oxygens (including phenoxy) is 1. The maximum atomic E-state index is 11.4. The standard InChI is InChI=1S/C12H16BNO2/c1-12(2,3)16-11(15)14-10-6-4-9(8-13)5-7-10/h4-7H,8H2,1-3H3,(H,14,15). The molecule has 1 aromatic rings. The van der Waals surface area contributed by atoms with Crippen molar-refractivity contribution in [1.82, 2.24) is 0 Å². The molecule has 0 aromatic heterocycles. The van der Waals surface area contributed by atoms with Crippen LogP contribution in [0.3, 0.4) is 0 Å². The summed E-state index contributed by atoms with van der Waals surface area (Å²) < 4.78 is 5.12. The highest BCUT2D eigenvalue weighted by atomic mass is 16.6. The van der Waals surface area contributed by atoms with Crippen LogP contribution in [-0.2, 0) is 11.1 Å². The van der Waals surface area contributed by atoms with Crippen LogP contribution < -0.4 is 5.32 Å². The van der Waals surface area contributed by atoms with Gasteiger partial charge in [-0.2, -0.15) is 0 Å². The first-order chi connectivity index (χ1) is 7.40. The zero-order chi connectivity index (χ0) is 12.2. The lowest BCUT2D eigenvalue weighted by Crippen LogP contribution is -2.27. The second-order valence-corrected chi connectivity index (χ2v) is 4.53. The highest BCUT2D eigenvalue weighted by Gasteiger charge is 2.15. The molecule has 0 unspecified atom stereocenters. The third-order valence-electron chi connectivity index (χ3n) is 1.83. The molecule has 84 valence electrons. The fourth-order valence-electron chi connectivity index (χ4n) is 1.15. The molecular formula is C12H16BNO2. The monoisotopic (exact) mass is 217 g/mol. The summed E-state index contributed by atoms with van der Waals surface area (Å²) in [5.74, 6) is 0. The van der Waals surface area contributed by atoms with Gasteiger partial charge in [-0.05, 0) is 32.9 Å². The van der Waals surface area contributed by atoms with Gasteiger partial charge in [0.05, 0.1) is 7.85 Å². The van der Waals surface area contributed by atoms with Gasteiger partial charge in [0.1, 0.15) is 5.60 Å². The number of carbonyl (C=O) groups is 1. The summed E-state index contributed by atoms with van der Waals surface area (Å²) in [4.78, 5) is 11.4. The molecule has 1 rings (SSSR count). The van der Waals surface area contributed by atoms with Crippen molar-refractivity contribution in [3.63, 3.8) is 0 Å². The van der Waals surface area contributed by atoms with E-state index >= 15 is 0 Å². The van der Waals surface area contributed by atoms with E-state index in [-0.39, 0.29) is 0 Å². The number of rotatable bonds is 2. The lowest BCUT2D eigenvalue weighted by atomic mass is 9.97. The van der Waals surface area contributed by atoms with Crippen LogP contribution in [0.4, 0.5) is 10.5 Å². The van der Waals surface area contributed by atoms with E-state index in [0.717, 1.165) is 5.56 Å². The van der Waals surface area contributed by atoms with E-state index in [0.29, 0.717) is 12.0 Å². The Bertz CT molecular complexity index is 354. The van der Waals surface area contributed by atoms with Gasteiger partial charge in [0.25, 0.3) is 0 Å². The minimum absolute atomic E-state index is 0.451. The maximum Gasteiger partial charge on any atom is 0.412 e. The van der Waals surface area contributed by atoms with E-state index in [1.54, 1.807) is 12.1 Å². The molecule has 4 heteroatoms. The van der Waals surface area contributed by atoms with Gasteiger partial charge in [-0.3, -0.25) is 5.32 Å². The molecule has 0 bridgehead atoms. The van der Waals surface area contributed by atoms with Crippen molar-refractivity contribution in [3.05, 3.63) is 29.8 Å². The SMILES string of the molecule is [B]Cc1ccc(NC(=O)OC(C)(C)C)cc1. The first-order valence-electron chi connectivity index (χ1n) is 5.20. The van der Waals surface area contributed by atoms with Crippen LogP contribution in [0.1, 0.15) is 26.3 Å². The largest absolute Gasteiger partial charge is 0.444 e. The summed E-state index contributed by atoms with van der Waals surface area (Å²) in [5.41, 5.74) is 1.24. The number of hydrogen-bond donors (Lipinski definition) is 1. The Labute approximate surface area is 97.6 Å². The molecule has 0 fully saturated rings. The topological polar surface area (TPSA) is 38.3 Å². The van der Waals surface area contributed by atoms with Crippen LogP contribution >= 0.6 is 0 Å². The van der Waals surface area contributed by atoms with Crippen molar-refractivity contribution >= 4 is 19.6 Å². The average molecular weight is 217 g/mol. The summed E-state index contributed by atoms with van der Waals surface area (Å²) in [6.45, 7) is 5.47. The molecule has 1 amide bonds. The van der Waals surface area contributed by atoms with Gasteiger partial charge in [-0.25, -0.2) is 4.79 Å². The molecule has 16 heavy (non-hydrogen) atoms. The van der Waals surface area contributed by atoms with Crippen molar-refractivity contribution in [2.24, 2.45) is 0 Å². The molecule has 0 aliphatic rings. The van der Waals surface area contributed by atoms with Gasteiger partial charge in [0.15, 0.2) is 0 Å². The van der Waals surface area contributed by atoms with E-state index in [2.05, 4.69) is 5.32 Å². The summed E-state index contributed by atoms with van der Waals surface area (Å²) in [7, 11) is 5.47. The third-order valence-corrected chi connectivity index (χ3v) is 1.83. The van der Waals surface area contributed by atoms with E-state index in [1.807, 2.05) is 32.9 Å². The minimum atomic E-state index is -0.485. The van der Waals surface area contributed by atoms with Crippen molar-refractivity contribution in [1.29, 1.82) is 0 Å². The molecule has 2 radical (unpaired) electrons. The van der Waals surface area contributed by atoms with Crippen molar-refractivity contribution in [3.8, 4) is 0 Å². The van der Waals surface area contributed by atoms with Crippen LogP contribution in [0.2, 0.25) is 0 Å². The van der Waals surface area contributed by atoms with E-state index in [9.17, 15) is 4.79 Å². The molecule has 0 saturated carbocycles. The Kier molecular flexibility index (Phi) is 3.99. The van der Waals surface area contributed by atoms with Crippen LogP contribution in [0, 0.1) is 0 Å². The van der Waals surface area contributed by atoms with Gasteiger partial charge in [0, 0.05) is 5.69 Å². The van der Waals surface area contributed by atoms with Gasteiger partial charge in [-0.15, -0.1) is 0 Å². The molecule has 1 N–H and O–H groups in total. The van der Waals surface area contributed by atoms with Crippen molar-refractivity contribution < 1.29 is 9.53 Å². The van der Waals surface area contributed by atoms with Crippen LogP contribution in [0.15, 0.2) is 24.3 Å². The minimum Gasteiger partial charge on any atom is -0.444 e. The Morgan fingerprint density at radius 1 is 1.31 bits per heavy atom. The lowest BCUT2D eigenvalue weighted by Gasteiger charge is -2.19. The summed E-state index contributed by atoms with van der Waals surface area (Å²) in [5, 5.41) is 2.65. The first-order valence-corrected chi connectivity index (χ1v) is 5.20. The number of carbonyl (C=O) groups excluding carboxylic acids is 1. The normalized spacial score (nSPS) is 10.9. The number of hydrogen-bond acceptors (Lipinski definition) is 2. The maximum absolute atomic E-state index is 11.4. The summed E-state index contributed by atoms with van der Waals surface area (Å²) >= 11 is 0. The van der Waals surface area contributed by atoms with Crippen LogP contribution in [0.25, 0.3) is 0 Å². The first kappa shape index (κ1) is 12.6. The molecule has 0 saturated heterocycles. The average Bonchev–Trinajstić information content (AvgIpc) is 2.16. The zero-order valence-corrected chi connectivity index (χ0v) is 9.91. The Morgan fingerprint density at radius 2 is 1.88 bits per heavy atom. The lowest BCUT2D eigenvalue weighted by molar-refractivity contribution is 0.0636. The van der Waals surface area contributed by atoms with Crippen LogP contribution in [0.5, 0.6) is 0 Å². The smallest absolute Gasteiger partial charge is 0.412 e. The second-order valence-electron chi connectivity index (χ2n) is 4.53. The molecule has 3 nitrogen and oxygen atoms in total. The number of anilines is 1. The van der Waals surface area contributed by atoms with E-state index in [4.69, 9.17) is 12.6 Å². The van der Waals surface area contributed by atoms with E-state index < -0.39 is 11.7 Å². The predicted octanol–water partition coefficient (Wildman–Crippen LogP) is 2.70. The predicted molar refractivity (Wildman–Crippen MR) is 65.8 cm³/mol. The molecule has 1 aromatic carbocycles. The number of amides is 1. The van der Waals surface area contributed by atoms with Crippen molar-refractivity contribution in [2.45, 2.75) is 32.7 Å². The Balaban J connectivity index is 2.56. The van der Waals surface area contributed by atoms with E-state index in [1.165, 1.54) is 0 Å². The Morgan fingerprint density at radius 3 is 2.31 bits per heavy atom. The van der Waals surface area contributed by atoms with Gasteiger partial charge in [-0.1, -0.05) is 24.0 Å². The third kappa shape index (κ3) is 4.38. The highest BCUT2D eigenvalue weighted by molar-refractivity contribution is 6.08. The zero-order valence-electron chi connectivity index (χ0n) is 9.91. The van der Waals surface area contributed by atoms with Gasteiger partial charge < -0.3 is 4.74 Å². The van der Waals surface area contributed by atoms with Gasteiger partial charge >= 0.3 is 6.09 Å². The van der Waals surface area contributed by atoms with Crippen molar-refractivity contribution in [2.75, 3.05) is 5.32 Å². The Hall–Kier alpha value is -1.45. The van der Waals surface area contributed by atoms with Gasteiger partial charge in [0.2, 0.25) is 0 Å². The second kappa shape index (κ2) is 5.06. The number of benzene rings is 1. The molecule has 0 aliphatic heterocycles. The summed E-state index contributed by atoms with van der Waals surface area (Å²) in [6, 6.07) is 7.33.